The Morgan fingerprint density at radius 1 is 0.290 bits per heavy atom. The molecule has 0 aliphatic rings. The van der Waals surface area contributed by atoms with E-state index < -0.39 is 0 Å². The molecule has 0 spiro atoms. The lowest BCUT2D eigenvalue weighted by Crippen LogP contribution is -2.00. The van der Waals surface area contributed by atoms with Gasteiger partial charge in [-0.3, -0.25) is 0 Å². The molecule has 0 aliphatic carbocycles. The van der Waals surface area contributed by atoms with E-state index in [1.54, 1.807) is 0 Å². The third kappa shape index (κ3) is 5.69. The number of furan rings is 1. The first-order valence-corrected chi connectivity index (χ1v) is 23.3. The van der Waals surface area contributed by atoms with Crippen molar-refractivity contribution in [3.8, 4) is 45.5 Å². The highest BCUT2D eigenvalue weighted by atomic mass is 16.3. The number of aromatic nitrogens is 5. The monoisotopic (exact) mass is 879 g/mol. The molecule has 0 aliphatic heterocycles. The van der Waals surface area contributed by atoms with Crippen molar-refractivity contribution in [2.45, 2.75) is 0 Å². The van der Waals surface area contributed by atoms with Gasteiger partial charge in [0.15, 0.2) is 17.5 Å². The SMILES string of the molecule is c1ccc(-c2nc(-c3ccc4ccc5oc6cccc(-n7c8cc9ccccc9cc8c8c9ccccc9ccc87)c6c5c4c3)nc(-c3ccc4c5ccccc5n(-c5ccccc5)c4c3)n2)cc1. The lowest BCUT2D eigenvalue weighted by atomic mass is 10.00. The van der Waals surface area contributed by atoms with Crippen molar-refractivity contribution in [1.29, 1.82) is 0 Å². The first kappa shape index (κ1) is 37.8. The lowest BCUT2D eigenvalue weighted by molar-refractivity contribution is 0.669. The van der Waals surface area contributed by atoms with Gasteiger partial charge < -0.3 is 13.6 Å². The molecule has 0 fully saturated rings. The zero-order chi connectivity index (χ0) is 45.2. The summed E-state index contributed by atoms with van der Waals surface area (Å²) in [6.45, 7) is 0. The molecule has 15 rings (SSSR count). The maximum Gasteiger partial charge on any atom is 0.164 e. The van der Waals surface area contributed by atoms with E-state index in [4.69, 9.17) is 19.4 Å². The van der Waals surface area contributed by atoms with Gasteiger partial charge in [0.05, 0.1) is 33.1 Å². The predicted molar refractivity (Wildman–Crippen MR) is 285 cm³/mol. The second-order valence-electron chi connectivity index (χ2n) is 18.0. The molecular weight excluding hydrogens is 843 g/mol. The van der Waals surface area contributed by atoms with Gasteiger partial charge in [-0.25, -0.2) is 15.0 Å². The summed E-state index contributed by atoms with van der Waals surface area (Å²) < 4.78 is 11.6. The summed E-state index contributed by atoms with van der Waals surface area (Å²) in [4.78, 5) is 15.7. The van der Waals surface area contributed by atoms with Crippen molar-refractivity contribution in [1.82, 2.24) is 24.1 Å². The van der Waals surface area contributed by atoms with E-state index in [1.807, 2.05) is 18.2 Å². The van der Waals surface area contributed by atoms with Crippen LogP contribution in [0.1, 0.15) is 0 Å². The summed E-state index contributed by atoms with van der Waals surface area (Å²) in [5.41, 5.74) is 11.1. The minimum Gasteiger partial charge on any atom is -0.456 e. The van der Waals surface area contributed by atoms with E-state index in [9.17, 15) is 0 Å². The molecule has 6 heteroatoms. The molecule has 320 valence electrons. The Hall–Kier alpha value is -9.39. The summed E-state index contributed by atoms with van der Waals surface area (Å²) in [6.07, 6.45) is 0. The highest BCUT2D eigenvalue weighted by Gasteiger charge is 2.22. The number of rotatable bonds is 5. The van der Waals surface area contributed by atoms with Gasteiger partial charge in [0.25, 0.3) is 0 Å². The molecule has 0 atom stereocenters. The fourth-order valence-corrected chi connectivity index (χ4v) is 11.0. The van der Waals surface area contributed by atoms with Crippen molar-refractivity contribution in [2.75, 3.05) is 0 Å². The molecule has 11 aromatic carbocycles. The summed E-state index contributed by atoms with van der Waals surface area (Å²) in [5.74, 6) is 1.81. The van der Waals surface area contributed by atoms with E-state index in [-0.39, 0.29) is 0 Å². The number of hydrogen-bond acceptors (Lipinski definition) is 4. The molecule has 0 saturated carbocycles. The number of nitrogens with zero attached hydrogens (tertiary/aromatic N) is 5. The van der Waals surface area contributed by atoms with Crippen molar-refractivity contribution < 1.29 is 4.42 Å². The molecule has 6 nitrogen and oxygen atoms in total. The van der Waals surface area contributed by atoms with Crippen LogP contribution in [-0.4, -0.2) is 24.1 Å². The zero-order valence-electron chi connectivity index (χ0n) is 37.0. The second kappa shape index (κ2) is 14.6. The van der Waals surface area contributed by atoms with Gasteiger partial charge in [-0.15, -0.1) is 0 Å². The third-order valence-electron chi connectivity index (χ3n) is 14.1. The molecular formula is C63H37N5O. The predicted octanol–water partition coefficient (Wildman–Crippen LogP) is 16.4. The Bertz CT molecular complexity index is 4600. The van der Waals surface area contributed by atoms with Crippen molar-refractivity contribution >= 4 is 97.9 Å². The summed E-state index contributed by atoms with van der Waals surface area (Å²) in [6, 6.07) is 79.7. The fourth-order valence-electron chi connectivity index (χ4n) is 11.0. The standard InChI is InChI=1S/C63H37N5O/c1-3-15-40(16-4-1)61-64-62(66-63(65-61)44-28-31-48-47-22-11-12-23-51(47)67(54(48)37-44)45-19-5-2-6-20-45)43-27-26-39-30-33-57-59(49(39)35-43)60-52(24-13-25-56(60)69-57)68-53-32-29-38-14-9-10-21-46(38)58(53)50-34-41-17-7-8-18-42(41)36-55(50)68/h1-37H. The van der Waals surface area contributed by atoms with Gasteiger partial charge in [-0.1, -0.05) is 158 Å². The van der Waals surface area contributed by atoms with Gasteiger partial charge in [-0.2, -0.15) is 0 Å². The summed E-state index contributed by atoms with van der Waals surface area (Å²) >= 11 is 0. The van der Waals surface area contributed by atoms with Crippen molar-refractivity contribution in [3.05, 3.63) is 224 Å². The lowest BCUT2D eigenvalue weighted by Gasteiger charge is -2.12. The van der Waals surface area contributed by atoms with Gasteiger partial charge in [0.1, 0.15) is 11.2 Å². The van der Waals surface area contributed by atoms with E-state index in [1.165, 1.54) is 43.1 Å². The molecule has 4 aromatic heterocycles. The minimum absolute atomic E-state index is 0.593. The topological polar surface area (TPSA) is 61.7 Å². The maximum atomic E-state index is 6.81. The Labute approximate surface area is 394 Å². The van der Waals surface area contributed by atoms with E-state index in [2.05, 4.69) is 215 Å². The Balaban J connectivity index is 0.970. The average molecular weight is 880 g/mol. The van der Waals surface area contributed by atoms with E-state index in [0.717, 1.165) is 82.8 Å². The van der Waals surface area contributed by atoms with Crippen LogP contribution in [0.15, 0.2) is 229 Å². The van der Waals surface area contributed by atoms with Crippen LogP contribution in [0.2, 0.25) is 0 Å². The molecule has 0 amide bonds. The highest BCUT2D eigenvalue weighted by molar-refractivity contribution is 6.26. The van der Waals surface area contributed by atoms with Crippen LogP contribution in [0.3, 0.4) is 0 Å². The fraction of sp³-hybridized carbons (Fsp3) is 0. The average Bonchev–Trinajstić information content (AvgIpc) is 4.08. The molecule has 0 unspecified atom stereocenters. The van der Waals surface area contributed by atoms with Crippen LogP contribution in [0, 0.1) is 0 Å². The summed E-state index contributed by atoms with van der Waals surface area (Å²) in [5, 5.41) is 14.0. The first-order valence-electron chi connectivity index (χ1n) is 23.3. The van der Waals surface area contributed by atoms with Crippen LogP contribution in [0.4, 0.5) is 0 Å². The second-order valence-corrected chi connectivity index (χ2v) is 18.0. The molecule has 15 aromatic rings. The van der Waals surface area contributed by atoms with Crippen LogP contribution >= 0.6 is 0 Å². The molecule has 69 heavy (non-hydrogen) atoms. The molecule has 0 N–H and O–H groups in total. The zero-order valence-corrected chi connectivity index (χ0v) is 37.0. The first-order chi connectivity index (χ1) is 34.2. The third-order valence-corrected chi connectivity index (χ3v) is 14.1. The highest BCUT2D eigenvalue weighted by Crippen LogP contribution is 2.44. The largest absolute Gasteiger partial charge is 0.456 e. The molecule has 0 bridgehead atoms. The van der Waals surface area contributed by atoms with Gasteiger partial charge >= 0.3 is 0 Å². The van der Waals surface area contributed by atoms with E-state index >= 15 is 0 Å². The number of para-hydroxylation sites is 2. The van der Waals surface area contributed by atoms with Crippen molar-refractivity contribution in [2.24, 2.45) is 0 Å². The van der Waals surface area contributed by atoms with Gasteiger partial charge in [0, 0.05) is 49.3 Å². The summed E-state index contributed by atoms with van der Waals surface area (Å²) in [7, 11) is 0. The van der Waals surface area contributed by atoms with Gasteiger partial charge in [0.2, 0.25) is 0 Å². The smallest absolute Gasteiger partial charge is 0.164 e. The number of benzene rings is 11. The Kier molecular flexibility index (Phi) is 7.97. The normalized spacial score (nSPS) is 12.1. The van der Waals surface area contributed by atoms with Crippen LogP contribution < -0.4 is 0 Å². The van der Waals surface area contributed by atoms with Crippen LogP contribution in [0.25, 0.3) is 143 Å². The number of hydrogen-bond donors (Lipinski definition) is 0. The van der Waals surface area contributed by atoms with Crippen LogP contribution in [-0.2, 0) is 0 Å². The van der Waals surface area contributed by atoms with Crippen molar-refractivity contribution in [3.63, 3.8) is 0 Å². The van der Waals surface area contributed by atoms with Gasteiger partial charge in [-0.05, 0) is 99.0 Å². The minimum atomic E-state index is 0.593. The number of fused-ring (bicyclic) bond motifs is 14. The molecule has 0 saturated heterocycles. The molecule has 0 radical (unpaired) electrons. The maximum absolute atomic E-state index is 6.81. The van der Waals surface area contributed by atoms with Crippen LogP contribution in [0.5, 0.6) is 0 Å². The Morgan fingerprint density at radius 3 is 1.71 bits per heavy atom. The quantitative estimate of drug-likeness (QED) is 0.173. The molecule has 4 heterocycles. The Morgan fingerprint density at radius 2 is 0.884 bits per heavy atom. The van der Waals surface area contributed by atoms with E-state index in [0.29, 0.717) is 17.5 Å².